The van der Waals surface area contributed by atoms with Gasteiger partial charge in [-0.15, -0.1) is 0 Å². The van der Waals surface area contributed by atoms with Gasteiger partial charge in [0.05, 0.1) is 17.3 Å². The Labute approximate surface area is 93.7 Å². The lowest BCUT2D eigenvalue weighted by molar-refractivity contribution is 0.300. The van der Waals surface area contributed by atoms with Crippen molar-refractivity contribution < 1.29 is 4.74 Å². The van der Waals surface area contributed by atoms with E-state index < -0.39 is 0 Å². The lowest BCUT2D eigenvalue weighted by atomic mass is 10.2. The van der Waals surface area contributed by atoms with Gasteiger partial charge in [0.25, 0.3) is 0 Å². The Morgan fingerprint density at radius 2 is 2.31 bits per heavy atom. The van der Waals surface area contributed by atoms with Gasteiger partial charge in [-0.3, -0.25) is 4.68 Å². The minimum absolute atomic E-state index is 0.412. The molecule has 0 atom stereocenters. The van der Waals surface area contributed by atoms with Crippen molar-refractivity contribution in [2.24, 2.45) is 7.05 Å². The Morgan fingerprint density at radius 3 is 3.00 bits per heavy atom. The average Bonchev–Trinajstić information content (AvgIpc) is 2.73. The molecule has 0 N–H and O–H groups in total. The van der Waals surface area contributed by atoms with E-state index in [1.807, 2.05) is 25.4 Å². The monoisotopic (exact) mass is 213 g/mol. The summed E-state index contributed by atoms with van der Waals surface area (Å²) in [6, 6.07) is 11.0. The van der Waals surface area contributed by atoms with Crippen LogP contribution in [0.25, 0.3) is 0 Å². The highest BCUT2D eigenvalue weighted by molar-refractivity contribution is 5.36. The SMILES string of the molecule is Cn1ccc(COc2cccc(C#N)c2)n1. The van der Waals surface area contributed by atoms with Crippen LogP contribution in [0, 0.1) is 11.3 Å². The Bertz CT molecular complexity index is 525. The summed E-state index contributed by atoms with van der Waals surface area (Å²) in [5.41, 5.74) is 1.46. The van der Waals surface area contributed by atoms with E-state index in [1.165, 1.54) is 0 Å². The Kier molecular flexibility index (Phi) is 2.88. The molecule has 0 aliphatic carbocycles. The molecular weight excluding hydrogens is 202 g/mol. The fraction of sp³-hybridized carbons (Fsp3) is 0.167. The van der Waals surface area contributed by atoms with Gasteiger partial charge in [0, 0.05) is 13.2 Å². The average molecular weight is 213 g/mol. The van der Waals surface area contributed by atoms with Crippen LogP contribution in [0.3, 0.4) is 0 Å². The second kappa shape index (κ2) is 4.49. The maximum atomic E-state index is 8.73. The summed E-state index contributed by atoms with van der Waals surface area (Å²) < 4.78 is 7.25. The van der Waals surface area contributed by atoms with Crippen LogP contribution in [0.1, 0.15) is 11.3 Å². The molecule has 4 nitrogen and oxygen atoms in total. The number of nitriles is 1. The zero-order valence-electron chi connectivity index (χ0n) is 8.92. The normalized spacial score (nSPS) is 9.75. The number of hydrogen-bond donors (Lipinski definition) is 0. The van der Waals surface area contributed by atoms with Crippen LogP contribution in [0.4, 0.5) is 0 Å². The van der Waals surface area contributed by atoms with Gasteiger partial charge in [0.15, 0.2) is 0 Å². The van der Waals surface area contributed by atoms with Crippen LogP contribution in [0.15, 0.2) is 36.5 Å². The lowest BCUT2D eigenvalue weighted by Crippen LogP contribution is -1.98. The molecule has 0 fully saturated rings. The quantitative estimate of drug-likeness (QED) is 0.782. The molecule has 16 heavy (non-hydrogen) atoms. The zero-order chi connectivity index (χ0) is 11.4. The molecule has 2 aromatic rings. The van der Waals surface area contributed by atoms with Gasteiger partial charge >= 0.3 is 0 Å². The van der Waals surface area contributed by atoms with Crippen LogP contribution in [0.2, 0.25) is 0 Å². The molecule has 0 bridgehead atoms. The van der Waals surface area contributed by atoms with Crippen LogP contribution in [0.5, 0.6) is 5.75 Å². The van der Waals surface area contributed by atoms with E-state index in [2.05, 4.69) is 11.2 Å². The van der Waals surface area contributed by atoms with Gasteiger partial charge < -0.3 is 4.74 Å². The highest BCUT2D eigenvalue weighted by Gasteiger charge is 1.99. The van der Waals surface area contributed by atoms with Crippen molar-refractivity contribution in [3.63, 3.8) is 0 Å². The van der Waals surface area contributed by atoms with E-state index in [0.717, 1.165) is 5.69 Å². The molecule has 1 aromatic carbocycles. The van der Waals surface area contributed by atoms with Crippen molar-refractivity contribution in [1.29, 1.82) is 5.26 Å². The van der Waals surface area contributed by atoms with E-state index in [1.54, 1.807) is 22.9 Å². The zero-order valence-corrected chi connectivity index (χ0v) is 8.92. The fourth-order valence-corrected chi connectivity index (χ4v) is 1.35. The standard InChI is InChI=1S/C12H11N3O/c1-15-6-5-11(14-15)9-16-12-4-2-3-10(7-12)8-13/h2-7H,9H2,1H3. The van der Waals surface area contributed by atoms with Crippen LogP contribution < -0.4 is 4.74 Å². The lowest BCUT2D eigenvalue weighted by Gasteiger charge is -2.03. The molecule has 1 heterocycles. The van der Waals surface area contributed by atoms with Gasteiger partial charge in [0.1, 0.15) is 12.4 Å². The molecule has 1 aromatic heterocycles. The van der Waals surface area contributed by atoms with Crippen LogP contribution in [-0.4, -0.2) is 9.78 Å². The van der Waals surface area contributed by atoms with Crippen molar-refractivity contribution >= 4 is 0 Å². The van der Waals surface area contributed by atoms with E-state index in [-0.39, 0.29) is 0 Å². The largest absolute Gasteiger partial charge is 0.487 e. The number of rotatable bonds is 3. The summed E-state index contributed by atoms with van der Waals surface area (Å²) in [6.07, 6.45) is 1.87. The summed E-state index contributed by atoms with van der Waals surface area (Å²) in [5, 5.41) is 12.9. The Hall–Kier alpha value is -2.28. The first-order valence-electron chi connectivity index (χ1n) is 4.89. The van der Waals surface area contributed by atoms with E-state index in [0.29, 0.717) is 17.9 Å². The second-order valence-electron chi connectivity index (χ2n) is 3.41. The molecule has 0 aliphatic heterocycles. The number of benzene rings is 1. The highest BCUT2D eigenvalue weighted by Crippen LogP contribution is 2.13. The highest BCUT2D eigenvalue weighted by atomic mass is 16.5. The smallest absolute Gasteiger partial charge is 0.132 e. The van der Waals surface area contributed by atoms with Crippen molar-refractivity contribution in [3.05, 3.63) is 47.8 Å². The molecule has 0 unspecified atom stereocenters. The van der Waals surface area contributed by atoms with Crippen LogP contribution in [-0.2, 0) is 13.7 Å². The molecule has 80 valence electrons. The van der Waals surface area contributed by atoms with E-state index in [4.69, 9.17) is 10.00 Å². The summed E-state index contributed by atoms with van der Waals surface area (Å²) in [7, 11) is 1.86. The fourth-order valence-electron chi connectivity index (χ4n) is 1.35. The van der Waals surface area contributed by atoms with E-state index in [9.17, 15) is 0 Å². The Balaban J connectivity index is 2.02. The molecule has 0 spiro atoms. The van der Waals surface area contributed by atoms with Crippen molar-refractivity contribution in [1.82, 2.24) is 9.78 Å². The minimum atomic E-state index is 0.412. The van der Waals surface area contributed by atoms with Gasteiger partial charge in [-0.1, -0.05) is 6.07 Å². The number of hydrogen-bond acceptors (Lipinski definition) is 3. The molecule has 0 aliphatic rings. The number of ether oxygens (including phenoxy) is 1. The Morgan fingerprint density at radius 1 is 1.44 bits per heavy atom. The molecule has 0 saturated carbocycles. The second-order valence-corrected chi connectivity index (χ2v) is 3.41. The maximum absolute atomic E-state index is 8.73. The molecule has 0 amide bonds. The first kappa shape index (κ1) is 10.2. The molecule has 0 saturated heterocycles. The molecular formula is C12H11N3O. The van der Waals surface area contributed by atoms with Gasteiger partial charge in [0.2, 0.25) is 0 Å². The third kappa shape index (κ3) is 2.39. The number of aromatic nitrogens is 2. The summed E-state index contributed by atoms with van der Waals surface area (Å²) in [4.78, 5) is 0. The van der Waals surface area contributed by atoms with Gasteiger partial charge in [-0.2, -0.15) is 10.4 Å². The maximum Gasteiger partial charge on any atom is 0.132 e. The molecule has 0 radical (unpaired) electrons. The number of nitrogens with zero attached hydrogens (tertiary/aromatic N) is 3. The predicted octanol–water partition coefficient (Wildman–Crippen LogP) is 1.87. The number of aryl methyl sites for hydroxylation is 1. The van der Waals surface area contributed by atoms with E-state index >= 15 is 0 Å². The first-order valence-corrected chi connectivity index (χ1v) is 4.89. The predicted molar refractivity (Wildman–Crippen MR) is 58.7 cm³/mol. The van der Waals surface area contributed by atoms with Crippen molar-refractivity contribution in [2.45, 2.75) is 6.61 Å². The molecule has 2 rings (SSSR count). The van der Waals surface area contributed by atoms with Gasteiger partial charge in [-0.05, 0) is 24.3 Å². The van der Waals surface area contributed by atoms with Crippen molar-refractivity contribution in [3.8, 4) is 11.8 Å². The third-order valence-electron chi connectivity index (χ3n) is 2.12. The third-order valence-corrected chi connectivity index (χ3v) is 2.12. The summed E-state index contributed by atoms with van der Waals surface area (Å²) >= 11 is 0. The molecule has 4 heteroatoms. The van der Waals surface area contributed by atoms with Crippen molar-refractivity contribution in [2.75, 3.05) is 0 Å². The summed E-state index contributed by atoms with van der Waals surface area (Å²) in [6.45, 7) is 0.412. The first-order chi connectivity index (χ1) is 7.78. The van der Waals surface area contributed by atoms with Crippen LogP contribution >= 0.6 is 0 Å². The summed E-state index contributed by atoms with van der Waals surface area (Å²) in [5.74, 6) is 0.685. The topological polar surface area (TPSA) is 50.8 Å². The van der Waals surface area contributed by atoms with Gasteiger partial charge in [-0.25, -0.2) is 0 Å². The minimum Gasteiger partial charge on any atom is -0.487 e.